The summed E-state index contributed by atoms with van der Waals surface area (Å²) in [4.78, 5) is 12.6. The lowest BCUT2D eigenvalue weighted by atomic mass is 10.1. The number of thioether (sulfide) groups is 1. The second-order valence-corrected chi connectivity index (χ2v) is 6.55. The van der Waals surface area contributed by atoms with E-state index in [1.165, 1.54) is 11.8 Å². The van der Waals surface area contributed by atoms with Gasteiger partial charge in [0.15, 0.2) is 0 Å². The Balaban J connectivity index is 2.20. The van der Waals surface area contributed by atoms with Gasteiger partial charge >= 0.3 is 5.97 Å². The highest BCUT2D eigenvalue weighted by Gasteiger charge is 2.21. The minimum atomic E-state index is -0.811. The summed E-state index contributed by atoms with van der Waals surface area (Å²) in [5.41, 5.74) is 3.19. The molecule has 22 heavy (non-hydrogen) atoms. The van der Waals surface area contributed by atoms with Crippen LogP contribution in [0, 0.1) is 13.8 Å². The molecule has 0 spiro atoms. The molecule has 1 N–H and O–H groups in total. The number of hydrogen-bond acceptors (Lipinski definition) is 3. The monoisotopic (exact) mass is 316 g/mol. The largest absolute Gasteiger partial charge is 0.496 e. The molecule has 0 aromatic heterocycles. The number of aliphatic carboxylic acids is 1. The van der Waals surface area contributed by atoms with Crippen molar-refractivity contribution in [3.05, 3.63) is 59.2 Å². The molecule has 4 heteroatoms. The first kappa shape index (κ1) is 16.4. The van der Waals surface area contributed by atoms with Gasteiger partial charge in [0.2, 0.25) is 0 Å². The van der Waals surface area contributed by atoms with E-state index < -0.39 is 11.2 Å². The van der Waals surface area contributed by atoms with Crippen molar-refractivity contribution in [1.82, 2.24) is 0 Å². The van der Waals surface area contributed by atoms with E-state index in [1.54, 1.807) is 7.11 Å². The van der Waals surface area contributed by atoms with Gasteiger partial charge < -0.3 is 9.84 Å². The van der Waals surface area contributed by atoms with Crippen molar-refractivity contribution in [2.75, 3.05) is 7.11 Å². The molecule has 0 radical (unpaired) electrons. The van der Waals surface area contributed by atoms with Crippen LogP contribution in [0.4, 0.5) is 0 Å². The molecular weight excluding hydrogens is 296 g/mol. The van der Waals surface area contributed by atoms with E-state index in [0.717, 1.165) is 27.3 Å². The van der Waals surface area contributed by atoms with Crippen LogP contribution in [0.2, 0.25) is 0 Å². The molecule has 1 atom stereocenters. The van der Waals surface area contributed by atoms with Crippen molar-refractivity contribution in [3.8, 4) is 5.75 Å². The molecule has 0 bridgehead atoms. The van der Waals surface area contributed by atoms with Crippen LogP contribution in [0.25, 0.3) is 0 Å². The Labute approximate surface area is 135 Å². The van der Waals surface area contributed by atoms with Gasteiger partial charge in [0.05, 0.1) is 7.11 Å². The fourth-order valence-corrected chi connectivity index (χ4v) is 3.21. The Morgan fingerprint density at radius 1 is 1.14 bits per heavy atom. The SMILES string of the molecule is COc1ccc(C)cc1C[C@H](Sc1ccc(C)cc1)C(=O)O. The first-order valence-electron chi connectivity index (χ1n) is 7.09. The quantitative estimate of drug-likeness (QED) is 0.815. The standard InChI is InChI=1S/C18H20O3S/c1-12-4-7-15(8-5-12)22-17(18(19)20)11-14-10-13(2)6-9-16(14)21-3/h4-10,17H,11H2,1-3H3,(H,19,20)/t17-/m0/s1. The van der Waals surface area contributed by atoms with E-state index >= 15 is 0 Å². The van der Waals surface area contributed by atoms with Crippen molar-refractivity contribution in [1.29, 1.82) is 0 Å². The smallest absolute Gasteiger partial charge is 0.317 e. The van der Waals surface area contributed by atoms with E-state index in [1.807, 2.05) is 56.3 Å². The Hall–Kier alpha value is -1.94. The van der Waals surface area contributed by atoms with Gasteiger partial charge in [-0.25, -0.2) is 0 Å². The van der Waals surface area contributed by atoms with Crippen LogP contribution in [0.1, 0.15) is 16.7 Å². The molecule has 2 rings (SSSR count). The summed E-state index contributed by atoms with van der Waals surface area (Å²) in [6.07, 6.45) is 0.429. The molecule has 2 aromatic rings. The Morgan fingerprint density at radius 3 is 2.36 bits per heavy atom. The molecule has 0 unspecified atom stereocenters. The third-order valence-electron chi connectivity index (χ3n) is 3.42. The lowest BCUT2D eigenvalue weighted by Gasteiger charge is -2.15. The van der Waals surface area contributed by atoms with Crippen LogP contribution >= 0.6 is 11.8 Å². The Bertz CT molecular complexity index is 650. The van der Waals surface area contributed by atoms with Crippen LogP contribution < -0.4 is 4.74 Å². The van der Waals surface area contributed by atoms with Gasteiger partial charge in [-0.3, -0.25) is 4.79 Å². The average molecular weight is 316 g/mol. The molecule has 0 saturated heterocycles. The van der Waals surface area contributed by atoms with Crippen LogP contribution in [0.15, 0.2) is 47.4 Å². The second-order valence-electron chi connectivity index (χ2n) is 5.28. The summed E-state index contributed by atoms with van der Waals surface area (Å²) in [6, 6.07) is 13.8. The number of carboxylic acids is 1. The number of ether oxygens (including phenoxy) is 1. The lowest BCUT2D eigenvalue weighted by Crippen LogP contribution is -2.19. The summed E-state index contributed by atoms with van der Waals surface area (Å²) in [5.74, 6) is -0.0736. The van der Waals surface area contributed by atoms with E-state index in [4.69, 9.17) is 4.74 Å². The topological polar surface area (TPSA) is 46.5 Å². The van der Waals surface area contributed by atoms with Crippen molar-refractivity contribution >= 4 is 17.7 Å². The molecule has 0 heterocycles. The highest BCUT2D eigenvalue weighted by atomic mass is 32.2. The number of aryl methyl sites for hydroxylation is 2. The maximum Gasteiger partial charge on any atom is 0.317 e. The van der Waals surface area contributed by atoms with E-state index in [9.17, 15) is 9.90 Å². The molecule has 0 aliphatic carbocycles. The molecule has 0 aliphatic heterocycles. The van der Waals surface area contributed by atoms with Gasteiger partial charge in [0, 0.05) is 4.90 Å². The fraction of sp³-hybridized carbons (Fsp3) is 0.278. The van der Waals surface area contributed by atoms with Crippen molar-refractivity contribution in [2.45, 2.75) is 30.4 Å². The van der Waals surface area contributed by atoms with E-state index in [-0.39, 0.29) is 0 Å². The number of carboxylic acid groups (broad SMARTS) is 1. The highest BCUT2D eigenvalue weighted by Crippen LogP contribution is 2.29. The van der Waals surface area contributed by atoms with Crippen molar-refractivity contribution in [2.24, 2.45) is 0 Å². The molecule has 0 amide bonds. The van der Waals surface area contributed by atoms with E-state index in [2.05, 4.69) is 0 Å². The number of rotatable bonds is 6. The first-order valence-corrected chi connectivity index (χ1v) is 7.97. The van der Waals surface area contributed by atoms with E-state index in [0.29, 0.717) is 6.42 Å². The maximum atomic E-state index is 11.6. The minimum Gasteiger partial charge on any atom is -0.496 e. The number of hydrogen-bond donors (Lipinski definition) is 1. The molecule has 3 nitrogen and oxygen atoms in total. The molecule has 0 fully saturated rings. The molecule has 2 aromatic carbocycles. The molecular formula is C18H20O3S. The summed E-state index contributed by atoms with van der Waals surface area (Å²) >= 11 is 1.37. The normalized spacial score (nSPS) is 12.0. The van der Waals surface area contributed by atoms with Gasteiger partial charge in [-0.05, 0) is 44.0 Å². The molecule has 116 valence electrons. The zero-order chi connectivity index (χ0) is 16.1. The second kappa shape index (κ2) is 7.36. The van der Waals surface area contributed by atoms with Gasteiger partial charge in [0.25, 0.3) is 0 Å². The summed E-state index contributed by atoms with van der Waals surface area (Å²) < 4.78 is 5.34. The van der Waals surface area contributed by atoms with Crippen LogP contribution in [0.3, 0.4) is 0 Å². The van der Waals surface area contributed by atoms with Gasteiger partial charge in [-0.1, -0.05) is 35.4 Å². The zero-order valence-corrected chi connectivity index (χ0v) is 13.8. The minimum absolute atomic E-state index is 0.429. The summed E-state index contributed by atoms with van der Waals surface area (Å²) in [6.45, 7) is 4.01. The van der Waals surface area contributed by atoms with Gasteiger partial charge in [0.1, 0.15) is 11.0 Å². The first-order chi connectivity index (χ1) is 10.5. The third kappa shape index (κ3) is 4.28. The van der Waals surface area contributed by atoms with Gasteiger partial charge in [-0.2, -0.15) is 0 Å². The van der Waals surface area contributed by atoms with Crippen molar-refractivity contribution < 1.29 is 14.6 Å². The average Bonchev–Trinajstić information content (AvgIpc) is 2.49. The Kier molecular flexibility index (Phi) is 5.50. The number of carbonyl (C=O) groups is 1. The van der Waals surface area contributed by atoms with Crippen LogP contribution in [-0.2, 0) is 11.2 Å². The number of benzene rings is 2. The predicted molar refractivity (Wildman–Crippen MR) is 89.9 cm³/mol. The molecule has 0 aliphatic rings. The van der Waals surface area contributed by atoms with Crippen LogP contribution in [-0.4, -0.2) is 23.4 Å². The summed E-state index contributed by atoms with van der Waals surface area (Å²) in [7, 11) is 1.61. The highest BCUT2D eigenvalue weighted by molar-refractivity contribution is 8.00. The van der Waals surface area contributed by atoms with Gasteiger partial charge in [-0.15, -0.1) is 11.8 Å². The van der Waals surface area contributed by atoms with Crippen LogP contribution in [0.5, 0.6) is 5.75 Å². The predicted octanol–water partition coefficient (Wildman–Crippen LogP) is 4.10. The van der Waals surface area contributed by atoms with Crippen molar-refractivity contribution in [3.63, 3.8) is 0 Å². The summed E-state index contributed by atoms with van der Waals surface area (Å²) in [5, 5.41) is 8.98. The lowest BCUT2D eigenvalue weighted by molar-refractivity contribution is -0.136. The molecule has 0 saturated carbocycles. The Morgan fingerprint density at radius 2 is 1.77 bits per heavy atom. The zero-order valence-electron chi connectivity index (χ0n) is 13.0. The third-order valence-corrected chi connectivity index (χ3v) is 4.61. The number of methoxy groups -OCH3 is 1. The fourth-order valence-electron chi connectivity index (χ4n) is 2.23. The maximum absolute atomic E-state index is 11.6.